The van der Waals surface area contributed by atoms with E-state index in [9.17, 15) is 4.79 Å². The Morgan fingerprint density at radius 2 is 1.69 bits per heavy atom. The van der Waals surface area contributed by atoms with Gasteiger partial charge in [0.2, 0.25) is 0 Å². The third kappa shape index (κ3) is 5.69. The third-order valence-electron chi connectivity index (χ3n) is 5.99. The van der Waals surface area contributed by atoms with Crippen LogP contribution in [0, 0.1) is 0 Å². The maximum Gasteiger partial charge on any atom is 0.322 e. The Bertz CT molecular complexity index is 1040. The smallest absolute Gasteiger partial charge is 0.322 e. The van der Waals surface area contributed by atoms with Gasteiger partial charge in [0.1, 0.15) is 0 Å². The summed E-state index contributed by atoms with van der Waals surface area (Å²) in [5.74, 6) is 0. The summed E-state index contributed by atoms with van der Waals surface area (Å²) in [5, 5.41) is 3.85. The van der Waals surface area contributed by atoms with E-state index in [2.05, 4.69) is 50.2 Å². The van der Waals surface area contributed by atoms with Crippen molar-refractivity contribution in [2.75, 3.05) is 5.32 Å². The lowest BCUT2D eigenvalue weighted by atomic mass is 9.94. The number of urea groups is 1. The highest BCUT2D eigenvalue weighted by Crippen LogP contribution is 2.31. The Kier molecular flexibility index (Phi) is 7.82. The lowest BCUT2D eigenvalue weighted by Gasteiger charge is -2.35. The number of benzene rings is 2. The molecule has 0 saturated heterocycles. The molecule has 1 aromatic heterocycles. The highest BCUT2D eigenvalue weighted by Gasteiger charge is 2.27. The molecule has 0 spiro atoms. The molecule has 32 heavy (non-hydrogen) atoms. The Labute approximate surface area is 207 Å². The van der Waals surface area contributed by atoms with Crippen LogP contribution in [0.2, 0.25) is 10.0 Å². The van der Waals surface area contributed by atoms with Gasteiger partial charge < -0.3 is 14.8 Å². The minimum Gasteiger partial charge on any atom is -0.345 e. The van der Waals surface area contributed by atoms with Gasteiger partial charge in [-0.1, -0.05) is 76.6 Å². The second-order valence-electron chi connectivity index (χ2n) is 8.20. The van der Waals surface area contributed by atoms with Gasteiger partial charge in [-0.3, -0.25) is 0 Å². The Balaban J connectivity index is 1.56. The van der Waals surface area contributed by atoms with Crippen molar-refractivity contribution < 1.29 is 4.79 Å². The highest BCUT2D eigenvalue weighted by molar-refractivity contribution is 9.10. The molecule has 1 saturated carbocycles. The molecule has 1 N–H and O–H groups in total. The average Bonchev–Trinajstić information content (AvgIpc) is 3.23. The Morgan fingerprint density at radius 3 is 2.38 bits per heavy atom. The minimum absolute atomic E-state index is 0.164. The molecule has 4 rings (SSSR count). The number of carbonyl (C=O) groups excluding carboxylic acids is 1. The van der Waals surface area contributed by atoms with Gasteiger partial charge in [-0.05, 0) is 54.8 Å². The van der Waals surface area contributed by atoms with Crippen LogP contribution >= 0.6 is 39.1 Å². The molecular formula is C25H26BrCl2N3O. The van der Waals surface area contributed by atoms with Gasteiger partial charge in [-0.25, -0.2) is 4.79 Å². The number of amides is 2. The zero-order chi connectivity index (χ0) is 22.5. The zero-order valence-corrected chi connectivity index (χ0v) is 20.8. The first kappa shape index (κ1) is 23.2. The SMILES string of the molecule is O=C(Nc1c(Cl)cccc1Cl)N(Cc1cccn1Cc1ccc(Br)cc1)C1CCCCC1. The topological polar surface area (TPSA) is 37.3 Å². The van der Waals surface area contributed by atoms with Crippen LogP contribution in [0.15, 0.2) is 65.3 Å². The zero-order valence-electron chi connectivity index (χ0n) is 17.7. The van der Waals surface area contributed by atoms with E-state index < -0.39 is 0 Å². The quantitative estimate of drug-likeness (QED) is 0.342. The molecule has 0 unspecified atom stereocenters. The fourth-order valence-electron chi connectivity index (χ4n) is 4.26. The molecule has 0 aliphatic heterocycles. The number of nitrogens with one attached hydrogen (secondary N) is 1. The van der Waals surface area contributed by atoms with Gasteiger partial charge in [0, 0.05) is 29.0 Å². The van der Waals surface area contributed by atoms with Crippen LogP contribution < -0.4 is 5.32 Å². The van der Waals surface area contributed by atoms with Crippen molar-refractivity contribution in [1.29, 1.82) is 0 Å². The van der Waals surface area contributed by atoms with Gasteiger partial charge in [-0.2, -0.15) is 0 Å². The summed E-state index contributed by atoms with van der Waals surface area (Å²) in [6, 6.07) is 17.7. The first-order valence-corrected chi connectivity index (χ1v) is 12.5. The van der Waals surface area contributed by atoms with E-state index in [1.165, 1.54) is 12.0 Å². The van der Waals surface area contributed by atoms with Crippen molar-refractivity contribution in [3.8, 4) is 0 Å². The molecule has 4 nitrogen and oxygen atoms in total. The van der Waals surface area contributed by atoms with Crippen molar-refractivity contribution in [2.24, 2.45) is 0 Å². The fraction of sp³-hybridized carbons (Fsp3) is 0.320. The van der Waals surface area contributed by atoms with E-state index in [0.717, 1.165) is 42.4 Å². The van der Waals surface area contributed by atoms with Crippen molar-refractivity contribution in [3.05, 3.63) is 86.6 Å². The Morgan fingerprint density at radius 1 is 1.00 bits per heavy atom. The largest absolute Gasteiger partial charge is 0.345 e. The van der Waals surface area contributed by atoms with Gasteiger partial charge >= 0.3 is 6.03 Å². The van der Waals surface area contributed by atoms with Crippen LogP contribution in [0.25, 0.3) is 0 Å². The van der Waals surface area contributed by atoms with E-state index in [1.807, 2.05) is 23.1 Å². The van der Waals surface area contributed by atoms with Crippen LogP contribution in [-0.4, -0.2) is 21.5 Å². The Hall–Kier alpha value is -1.95. The normalized spacial score (nSPS) is 14.3. The fourth-order valence-corrected chi connectivity index (χ4v) is 5.02. The summed E-state index contributed by atoms with van der Waals surface area (Å²) in [4.78, 5) is 15.4. The van der Waals surface area contributed by atoms with E-state index in [1.54, 1.807) is 18.2 Å². The van der Waals surface area contributed by atoms with Crippen molar-refractivity contribution in [3.63, 3.8) is 0 Å². The van der Waals surface area contributed by atoms with E-state index in [0.29, 0.717) is 22.3 Å². The summed E-state index contributed by atoms with van der Waals surface area (Å²) in [7, 11) is 0. The van der Waals surface area contributed by atoms with Crippen LogP contribution in [0.5, 0.6) is 0 Å². The molecule has 3 aromatic rings. The maximum atomic E-state index is 13.4. The highest BCUT2D eigenvalue weighted by atomic mass is 79.9. The standard InChI is InChI=1S/C25H26BrCl2N3O/c26-19-13-11-18(12-14-19)16-30-15-5-8-21(30)17-31(20-6-2-1-3-7-20)25(32)29-24-22(27)9-4-10-23(24)28/h4-5,8-15,20H,1-3,6-7,16-17H2,(H,29,32). The minimum atomic E-state index is -0.164. The number of halogens is 3. The molecule has 1 heterocycles. The lowest BCUT2D eigenvalue weighted by molar-refractivity contribution is 0.161. The number of para-hydroxylation sites is 1. The number of carbonyl (C=O) groups is 1. The van der Waals surface area contributed by atoms with Gasteiger partial charge in [0.25, 0.3) is 0 Å². The van der Waals surface area contributed by atoms with Gasteiger partial charge in [-0.15, -0.1) is 0 Å². The number of rotatable bonds is 6. The first-order chi connectivity index (χ1) is 15.5. The summed E-state index contributed by atoms with van der Waals surface area (Å²) < 4.78 is 3.27. The summed E-state index contributed by atoms with van der Waals surface area (Å²) >= 11 is 16.1. The second kappa shape index (κ2) is 10.8. The number of nitrogens with zero attached hydrogens (tertiary/aromatic N) is 2. The van der Waals surface area contributed by atoms with E-state index >= 15 is 0 Å². The molecule has 7 heteroatoms. The lowest BCUT2D eigenvalue weighted by Crippen LogP contribution is -2.43. The molecule has 1 aliphatic carbocycles. The summed E-state index contributed by atoms with van der Waals surface area (Å²) in [5.41, 5.74) is 2.77. The monoisotopic (exact) mass is 533 g/mol. The number of hydrogen-bond acceptors (Lipinski definition) is 1. The summed E-state index contributed by atoms with van der Waals surface area (Å²) in [6.07, 6.45) is 7.60. The first-order valence-electron chi connectivity index (χ1n) is 10.9. The van der Waals surface area contributed by atoms with E-state index in [4.69, 9.17) is 23.2 Å². The number of aromatic nitrogens is 1. The molecular weight excluding hydrogens is 509 g/mol. The van der Waals surface area contributed by atoms with Crippen LogP contribution in [-0.2, 0) is 13.1 Å². The molecule has 2 amide bonds. The van der Waals surface area contributed by atoms with Crippen molar-refractivity contribution >= 4 is 50.9 Å². The van der Waals surface area contributed by atoms with Crippen LogP contribution in [0.1, 0.15) is 43.4 Å². The van der Waals surface area contributed by atoms with Crippen molar-refractivity contribution in [1.82, 2.24) is 9.47 Å². The maximum absolute atomic E-state index is 13.4. The molecule has 1 fully saturated rings. The van der Waals surface area contributed by atoms with Crippen LogP contribution in [0.3, 0.4) is 0 Å². The molecule has 0 radical (unpaired) electrons. The molecule has 0 atom stereocenters. The van der Waals surface area contributed by atoms with Crippen molar-refractivity contribution in [2.45, 2.75) is 51.2 Å². The van der Waals surface area contributed by atoms with E-state index in [-0.39, 0.29) is 12.1 Å². The molecule has 1 aliphatic rings. The molecule has 2 aromatic carbocycles. The van der Waals surface area contributed by atoms with Crippen LogP contribution in [0.4, 0.5) is 10.5 Å². The number of anilines is 1. The second-order valence-corrected chi connectivity index (χ2v) is 9.93. The average molecular weight is 535 g/mol. The predicted octanol–water partition coefficient (Wildman–Crippen LogP) is 7.97. The predicted molar refractivity (Wildman–Crippen MR) is 136 cm³/mol. The third-order valence-corrected chi connectivity index (χ3v) is 7.15. The van der Waals surface area contributed by atoms with Gasteiger partial charge in [0.15, 0.2) is 0 Å². The molecule has 0 bridgehead atoms. The van der Waals surface area contributed by atoms with Gasteiger partial charge in [0.05, 0.1) is 22.3 Å². The molecule has 168 valence electrons. The number of hydrogen-bond donors (Lipinski definition) is 1. The summed E-state index contributed by atoms with van der Waals surface area (Å²) in [6.45, 7) is 1.29.